The van der Waals surface area contributed by atoms with E-state index in [9.17, 15) is 48.3 Å². The van der Waals surface area contributed by atoms with Crippen molar-refractivity contribution in [2.45, 2.75) is 241 Å². The van der Waals surface area contributed by atoms with Gasteiger partial charge in [-0.05, 0) is 109 Å². The predicted molar refractivity (Wildman–Crippen MR) is 409 cm³/mol. The molecule has 1 unspecified atom stereocenters. The first kappa shape index (κ1) is 93.3. The van der Waals surface area contributed by atoms with Crippen LogP contribution in [0.5, 0.6) is 0 Å². The molecular formula is C77H129N11O14S2. The molecule has 27 heteroatoms. The van der Waals surface area contributed by atoms with Crippen molar-refractivity contribution < 1.29 is 67.4 Å². The van der Waals surface area contributed by atoms with Gasteiger partial charge in [-0.1, -0.05) is 140 Å². The summed E-state index contributed by atoms with van der Waals surface area (Å²) in [6.45, 7) is 28.5. The molecule has 1 aliphatic heterocycles. The van der Waals surface area contributed by atoms with Crippen LogP contribution in [0.1, 0.15) is 188 Å². The first-order chi connectivity index (χ1) is 48.5. The molecule has 0 aromatic carbocycles. The van der Waals surface area contributed by atoms with E-state index in [2.05, 4.69) is 20.9 Å². The standard InChI is InChI=1S/C77H129N11O14S2/c1-24-55-44-62(91)69(70(95)52(14)30-26-25-27-31-63(92)78-35-36-79-64(93)33-37-103-104-65-32-28-29-34-80-65)88(23)77(102)68(51(12)13)87(22)75(100)59(41-49(8)9)86(21)74(99)58(40-48(6)7)85(20)72(97)54(16)43-60(89)53(15)42-61(90)56(38-46(2)3)84(19)76(101)67(50(10)11)81-71(96)57(39-47(4)5)83(18)66(94)45-82(17)73(55)98/h25-26,28-29,32,34,46-59,67-70,95H,24,27,30-31,33,35-45H2,1-23H3,(H,78,92)(H,79,93)(H,81,96)/b26-25+/t52-,53-,54+,55-,56+,57+,58+,59+,67?,68+,69-,70-/m1/s1. The summed E-state index contributed by atoms with van der Waals surface area (Å²) >= 11 is 0. The van der Waals surface area contributed by atoms with Gasteiger partial charge < -0.3 is 55.4 Å². The largest absolute Gasteiger partial charge is 0.390 e. The Morgan fingerprint density at radius 3 is 1.58 bits per heavy atom. The van der Waals surface area contributed by atoms with Gasteiger partial charge in [0, 0.05) is 124 Å². The summed E-state index contributed by atoms with van der Waals surface area (Å²) in [5.74, 6) is -11.5. The number of aliphatic hydroxyl groups excluding tert-OH is 1. The van der Waals surface area contributed by atoms with E-state index in [1.165, 1.54) is 95.4 Å². The van der Waals surface area contributed by atoms with Gasteiger partial charge in [-0.2, -0.15) is 0 Å². The zero-order valence-electron chi connectivity index (χ0n) is 66.8. The van der Waals surface area contributed by atoms with Gasteiger partial charge in [-0.25, -0.2) is 4.98 Å². The van der Waals surface area contributed by atoms with Crippen LogP contribution >= 0.6 is 21.6 Å². The highest BCUT2D eigenvalue weighted by molar-refractivity contribution is 8.76. The smallest absolute Gasteiger partial charge is 0.246 e. The van der Waals surface area contributed by atoms with E-state index in [0.29, 0.717) is 18.6 Å². The van der Waals surface area contributed by atoms with Crippen LogP contribution in [0.4, 0.5) is 0 Å². The first-order valence-electron chi connectivity index (χ1n) is 37.3. The lowest BCUT2D eigenvalue weighted by Gasteiger charge is -2.41. The zero-order valence-corrected chi connectivity index (χ0v) is 68.5. The molecular weight excluding hydrogens is 1370 g/mol. The number of carbonyl (C=O) groups excluding carboxylic acids is 13. The number of aromatic nitrogens is 1. The van der Waals surface area contributed by atoms with Crippen molar-refractivity contribution in [1.29, 1.82) is 0 Å². The topological polar surface area (TPSA) is 314 Å². The maximum atomic E-state index is 15.5. The summed E-state index contributed by atoms with van der Waals surface area (Å²) in [5.41, 5.74) is 0. The number of allylic oxidation sites excluding steroid dienone is 2. The molecule has 588 valence electrons. The highest BCUT2D eigenvalue weighted by Gasteiger charge is 2.46. The van der Waals surface area contributed by atoms with Crippen molar-refractivity contribution in [1.82, 2.24) is 55.2 Å². The Balaban J connectivity index is 2.78. The number of hydrogen-bond acceptors (Lipinski definition) is 17. The average molecular weight is 1500 g/mol. The Labute approximate surface area is 629 Å². The lowest BCUT2D eigenvalue weighted by atomic mass is 9.86. The van der Waals surface area contributed by atoms with E-state index in [-0.39, 0.29) is 112 Å². The van der Waals surface area contributed by atoms with Crippen LogP contribution in [-0.4, -0.2) is 244 Å². The number of amides is 10. The molecule has 0 radical (unpaired) electrons. The Hall–Kier alpha value is -6.74. The van der Waals surface area contributed by atoms with Crippen LogP contribution in [0.15, 0.2) is 41.6 Å². The molecule has 104 heavy (non-hydrogen) atoms. The molecule has 25 nitrogen and oxygen atoms in total. The third kappa shape index (κ3) is 29.5. The van der Waals surface area contributed by atoms with Crippen molar-refractivity contribution in [3.05, 3.63) is 36.5 Å². The Kier molecular flexibility index (Phi) is 41.0. The summed E-state index contributed by atoms with van der Waals surface area (Å²) in [5, 5.41) is 21.9. The summed E-state index contributed by atoms with van der Waals surface area (Å²) in [7, 11) is 13.1. The third-order valence-electron chi connectivity index (χ3n) is 19.4. The second-order valence-electron chi connectivity index (χ2n) is 31.0. The van der Waals surface area contributed by atoms with Gasteiger partial charge in [-0.15, -0.1) is 0 Å². The molecule has 0 saturated carbocycles. The minimum absolute atomic E-state index is 0.0842. The molecule has 1 saturated heterocycles. The van der Waals surface area contributed by atoms with Crippen LogP contribution < -0.4 is 16.0 Å². The average Bonchev–Trinajstić information content (AvgIpc) is 0.802. The van der Waals surface area contributed by atoms with E-state index < -0.39 is 156 Å². The number of likely N-dealkylation sites (N-methyl/N-ethyl adjacent to an activating group) is 7. The number of nitrogens with one attached hydrogen (secondary N) is 3. The Bertz CT molecular complexity index is 3040. The molecule has 12 atom stereocenters. The fourth-order valence-corrected chi connectivity index (χ4v) is 14.8. The second kappa shape index (κ2) is 45.7. The quantitative estimate of drug-likeness (QED) is 0.0391. The van der Waals surface area contributed by atoms with Gasteiger partial charge in [0.1, 0.15) is 47.1 Å². The maximum absolute atomic E-state index is 15.5. The Morgan fingerprint density at radius 2 is 1.06 bits per heavy atom. The van der Waals surface area contributed by atoms with Crippen molar-refractivity contribution >= 4 is 98.0 Å². The second-order valence-corrected chi connectivity index (χ2v) is 33.5. The molecule has 0 bridgehead atoms. The normalized spacial score (nSPS) is 24.2. The number of ketones is 3. The SMILES string of the molecule is CC[C@@H]1CC(=O)[C@H]([C@H](O)[C@H](C)C/C=C/CCC(=O)NCCNC(=O)CCSSc2ccccn2)N(C)C(=O)[C@H](C(C)C)N(C)C(=O)[C@H](CC(C)C)N(C)C(=O)[C@H](CC(C)C)N(C)C(=O)[C@@H](C)CC(=O)[C@H](C)CC(=O)[C@H](CC(C)C)N(C)C(=O)C(C(C)C)NC(=O)[C@H](CC(C)C)N(C)C(=O)CN(C)C1=O. The monoisotopic (exact) mass is 1500 g/mol. The van der Waals surface area contributed by atoms with Crippen LogP contribution in [0.25, 0.3) is 0 Å². The number of aliphatic hydroxyl groups is 1. The fraction of sp³-hybridized carbons (Fsp3) is 0.740. The lowest BCUT2D eigenvalue weighted by Crippen LogP contribution is -2.61. The molecule has 1 fully saturated rings. The van der Waals surface area contributed by atoms with Crippen molar-refractivity contribution in [2.75, 3.05) is 74.7 Å². The van der Waals surface area contributed by atoms with Crippen molar-refractivity contribution in [3.63, 3.8) is 0 Å². The minimum Gasteiger partial charge on any atom is -0.390 e. The molecule has 2 rings (SSSR count). The summed E-state index contributed by atoms with van der Waals surface area (Å²) in [6, 6.07) is -2.89. The number of pyridine rings is 1. The molecule has 0 aliphatic carbocycles. The number of hydrogen-bond donors (Lipinski definition) is 4. The van der Waals surface area contributed by atoms with Crippen LogP contribution in [0, 0.1) is 59.2 Å². The van der Waals surface area contributed by atoms with Gasteiger partial charge in [0.05, 0.1) is 18.7 Å². The van der Waals surface area contributed by atoms with E-state index in [4.69, 9.17) is 0 Å². The highest BCUT2D eigenvalue weighted by Crippen LogP contribution is 2.31. The maximum Gasteiger partial charge on any atom is 0.246 e. The van der Waals surface area contributed by atoms with E-state index in [1.54, 1.807) is 73.7 Å². The number of rotatable bonds is 26. The van der Waals surface area contributed by atoms with Gasteiger partial charge in [0.25, 0.3) is 0 Å². The predicted octanol–water partition coefficient (Wildman–Crippen LogP) is 7.76. The van der Waals surface area contributed by atoms with E-state index in [1.807, 2.05) is 73.6 Å². The fourth-order valence-electron chi connectivity index (χ4n) is 13.0. The van der Waals surface area contributed by atoms with Crippen molar-refractivity contribution in [3.8, 4) is 0 Å². The molecule has 1 aromatic rings. The lowest BCUT2D eigenvalue weighted by molar-refractivity contribution is -0.157. The number of Topliss-reactive ketones (excluding diaryl/α,β-unsaturated/α-hetero) is 3. The van der Waals surface area contributed by atoms with Gasteiger partial charge in [-0.3, -0.25) is 62.3 Å². The molecule has 1 aliphatic rings. The Morgan fingerprint density at radius 1 is 0.558 bits per heavy atom. The summed E-state index contributed by atoms with van der Waals surface area (Å²) < 4.78 is 0. The number of nitrogens with zero attached hydrogens (tertiary/aromatic N) is 8. The number of carbonyl (C=O) groups is 13. The molecule has 4 N–H and O–H groups in total. The third-order valence-corrected chi connectivity index (χ3v) is 21.7. The molecule has 10 amide bonds. The first-order valence-corrected chi connectivity index (χ1v) is 39.6. The molecule has 1 aromatic heterocycles. The zero-order chi connectivity index (χ0) is 79.3. The molecule has 2 heterocycles. The van der Waals surface area contributed by atoms with Crippen LogP contribution in [-0.2, 0) is 62.3 Å². The minimum atomic E-state index is -1.61. The van der Waals surface area contributed by atoms with Crippen LogP contribution in [0.3, 0.4) is 0 Å². The van der Waals surface area contributed by atoms with Gasteiger partial charge in [0.15, 0.2) is 11.6 Å². The van der Waals surface area contributed by atoms with Crippen molar-refractivity contribution in [2.24, 2.45) is 59.2 Å². The van der Waals surface area contributed by atoms with Crippen LogP contribution in [0.2, 0.25) is 0 Å². The van der Waals surface area contributed by atoms with Gasteiger partial charge >= 0.3 is 0 Å². The summed E-state index contributed by atoms with van der Waals surface area (Å²) in [4.78, 5) is 201. The molecule has 0 spiro atoms. The summed E-state index contributed by atoms with van der Waals surface area (Å²) in [6.07, 6.45) is 4.30. The van der Waals surface area contributed by atoms with E-state index in [0.717, 1.165) is 14.8 Å². The van der Waals surface area contributed by atoms with E-state index >= 15 is 19.2 Å². The van der Waals surface area contributed by atoms with Gasteiger partial charge in [0.2, 0.25) is 59.1 Å². The highest BCUT2D eigenvalue weighted by atomic mass is 33.1.